The number of likely N-dealkylation sites (tertiary alicyclic amines) is 1. The highest BCUT2D eigenvalue weighted by Gasteiger charge is 2.45. The fraction of sp³-hybridized carbons (Fsp3) is 0.846. The van der Waals surface area contributed by atoms with E-state index in [0.717, 1.165) is 19.3 Å². The first-order chi connectivity index (χ1) is 14.2. The van der Waals surface area contributed by atoms with Crippen LogP contribution in [0.4, 0.5) is 0 Å². The minimum absolute atomic E-state index is 0.205. The number of hydrogen-bond acceptors (Lipinski definition) is 3. The monoisotopic (exact) mass is 401 g/mol. The highest BCUT2D eigenvalue weighted by Crippen LogP contribution is 2.50. The van der Waals surface area contributed by atoms with Crippen molar-refractivity contribution >= 4 is 0 Å². The molecular formula is C26H43NO2. The zero-order valence-electron chi connectivity index (χ0n) is 18.4. The number of unbranched alkanes of at least 4 members (excludes halogenated alkanes) is 2. The van der Waals surface area contributed by atoms with Gasteiger partial charge in [0.15, 0.2) is 0 Å². The van der Waals surface area contributed by atoms with Gasteiger partial charge in [0, 0.05) is 5.92 Å². The molecular weight excluding hydrogens is 358 g/mol. The maximum Gasteiger partial charge on any atom is 0.0749 e. The van der Waals surface area contributed by atoms with Gasteiger partial charge in [-0.1, -0.05) is 43.1 Å². The summed E-state index contributed by atoms with van der Waals surface area (Å²) in [5.41, 5.74) is 1.64. The first kappa shape index (κ1) is 21.6. The highest BCUT2D eigenvalue weighted by atomic mass is 16.3. The molecule has 0 radical (unpaired) electrons. The molecule has 29 heavy (non-hydrogen) atoms. The van der Waals surface area contributed by atoms with Crippen molar-refractivity contribution in [2.75, 3.05) is 19.6 Å². The Morgan fingerprint density at radius 3 is 2.59 bits per heavy atom. The maximum atomic E-state index is 10.6. The summed E-state index contributed by atoms with van der Waals surface area (Å²) in [5.74, 6) is 1.95. The van der Waals surface area contributed by atoms with Crippen LogP contribution in [0.25, 0.3) is 0 Å². The van der Waals surface area contributed by atoms with Crippen LogP contribution in [0.15, 0.2) is 23.8 Å². The predicted molar refractivity (Wildman–Crippen MR) is 120 cm³/mol. The van der Waals surface area contributed by atoms with Crippen molar-refractivity contribution in [1.29, 1.82) is 0 Å². The lowest BCUT2D eigenvalue weighted by atomic mass is 9.89. The third-order valence-electron chi connectivity index (χ3n) is 8.33. The largest absolute Gasteiger partial charge is 0.392 e. The van der Waals surface area contributed by atoms with Gasteiger partial charge in [0.2, 0.25) is 0 Å². The quantitative estimate of drug-likeness (QED) is 0.440. The van der Waals surface area contributed by atoms with E-state index < -0.39 is 0 Å². The van der Waals surface area contributed by atoms with Crippen LogP contribution in [0.2, 0.25) is 0 Å². The van der Waals surface area contributed by atoms with Crippen LogP contribution in [0.3, 0.4) is 0 Å². The Balaban J connectivity index is 1.20. The van der Waals surface area contributed by atoms with Crippen molar-refractivity contribution in [3.63, 3.8) is 0 Å². The van der Waals surface area contributed by atoms with Crippen molar-refractivity contribution in [2.24, 2.45) is 23.7 Å². The number of fused-ring (bicyclic) bond motifs is 1. The zero-order chi connectivity index (χ0) is 20.1. The lowest BCUT2D eigenvalue weighted by Crippen LogP contribution is -2.30. The van der Waals surface area contributed by atoms with E-state index in [4.69, 9.17) is 0 Å². The number of aliphatic hydroxyl groups excluding tert-OH is 2. The van der Waals surface area contributed by atoms with E-state index in [-0.39, 0.29) is 18.1 Å². The van der Waals surface area contributed by atoms with Crippen LogP contribution in [0, 0.1) is 23.7 Å². The molecule has 164 valence electrons. The summed E-state index contributed by atoms with van der Waals surface area (Å²) in [6.07, 6.45) is 22.5. The minimum Gasteiger partial charge on any atom is -0.392 e. The Labute approximate surface area is 178 Å². The number of hydrogen-bond donors (Lipinski definition) is 2. The van der Waals surface area contributed by atoms with Gasteiger partial charge in [-0.2, -0.15) is 0 Å². The molecule has 1 saturated heterocycles. The van der Waals surface area contributed by atoms with Gasteiger partial charge in [0.25, 0.3) is 0 Å². The fourth-order valence-corrected chi connectivity index (χ4v) is 6.61. The maximum absolute atomic E-state index is 10.6. The van der Waals surface area contributed by atoms with E-state index in [1.54, 1.807) is 5.57 Å². The minimum atomic E-state index is -0.305. The molecule has 0 aromatic rings. The number of aliphatic hydroxyl groups is 2. The smallest absolute Gasteiger partial charge is 0.0749 e. The molecule has 1 heterocycles. The van der Waals surface area contributed by atoms with Gasteiger partial charge in [-0.05, 0) is 102 Å². The molecule has 0 unspecified atom stereocenters. The lowest BCUT2D eigenvalue weighted by molar-refractivity contribution is 0.135. The molecule has 4 rings (SSSR count). The van der Waals surface area contributed by atoms with Crippen LogP contribution in [0.1, 0.15) is 83.5 Å². The van der Waals surface area contributed by atoms with Crippen LogP contribution in [-0.2, 0) is 0 Å². The van der Waals surface area contributed by atoms with Crippen LogP contribution in [-0.4, -0.2) is 47.0 Å². The number of rotatable bonds is 8. The Kier molecular flexibility index (Phi) is 7.89. The Bertz CT molecular complexity index is 559. The summed E-state index contributed by atoms with van der Waals surface area (Å²) in [6.45, 7) is 3.92. The molecule has 2 N–H and O–H groups in total. The Morgan fingerprint density at radius 2 is 1.79 bits per heavy atom. The van der Waals surface area contributed by atoms with Crippen molar-refractivity contribution in [3.05, 3.63) is 23.8 Å². The van der Waals surface area contributed by atoms with Crippen LogP contribution >= 0.6 is 0 Å². The van der Waals surface area contributed by atoms with E-state index in [0.29, 0.717) is 17.8 Å². The molecule has 3 aliphatic carbocycles. The fourth-order valence-electron chi connectivity index (χ4n) is 6.61. The van der Waals surface area contributed by atoms with Crippen molar-refractivity contribution in [3.8, 4) is 0 Å². The molecule has 0 bridgehead atoms. The number of piperidine rings is 1. The summed E-state index contributed by atoms with van der Waals surface area (Å²) in [4.78, 5) is 2.65. The molecule has 3 heteroatoms. The predicted octanol–water partition coefficient (Wildman–Crippen LogP) is 5.08. The van der Waals surface area contributed by atoms with Crippen LogP contribution < -0.4 is 0 Å². The van der Waals surface area contributed by atoms with Gasteiger partial charge in [-0.15, -0.1) is 0 Å². The van der Waals surface area contributed by atoms with E-state index >= 15 is 0 Å². The first-order valence-electron chi connectivity index (χ1n) is 12.7. The molecule has 4 aliphatic rings. The lowest BCUT2D eigenvalue weighted by Gasteiger charge is -2.26. The average Bonchev–Trinajstić information content (AvgIpc) is 3.44. The molecule has 1 aliphatic heterocycles. The molecule has 0 aromatic carbocycles. The van der Waals surface area contributed by atoms with Crippen molar-refractivity contribution in [1.82, 2.24) is 4.90 Å². The van der Waals surface area contributed by atoms with Gasteiger partial charge >= 0.3 is 0 Å². The molecule has 0 spiro atoms. The molecule has 0 aromatic heterocycles. The summed E-state index contributed by atoms with van der Waals surface area (Å²) < 4.78 is 0. The number of allylic oxidation sites excluding steroid dienone is 2. The summed E-state index contributed by atoms with van der Waals surface area (Å²) in [5, 5.41) is 21.0. The third-order valence-corrected chi connectivity index (χ3v) is 8.33. The van der Waals surface area contributed by atoms with Crippen molar-refractivity contribution in [2.45, 2.75) is 95.7 Å². The Hall–Kier alpha value is -0.640. The topological polar surface area (TPSA) is 43.7 Å². The normalized spacial score (nSPS) is 36.4. The summed E-state index contributed by atoms with van der Waals surface area (Å²) in [6, 6.07) is 0. The van der Waals surface area contributed by atoms with Gasteiger partial charge < -0.3 is 15.1 Å². The second-order valence-corrected chi connectivity index (χ2v) is 10.4. The van der Waals surface area contributed by atoms with Crippen molar-refractivity contribution < 1.29 is 10.2 Å². The number of nitrogens with zero attached hydrogens (tertiary/aromatic N) is 1. The molecule has 0 amide bonds. The zero-order valence-corrected chi connectivity index (χ0v) is 18.4. The van der Waals surface area contributed by atoms with E-state index in [2.05, 4.69) is 17.1 Å². The molecule has 4 fully saturated rings. The summed E-state index contributed by atoms with van der Waals surface area (Å²) in [7, 11) is 0. The first-order valence-corrected chi connectivity index (χ1v) is 12.7. The van der Waals surface area contributed by atoms with Gasteiger partial charge in [-0.3, -0.25) is 0 Å². The van der Waals surface area contributed by atoms with Crippen LogP contribution in [0.5, 0.6) is 0 Å². The summed E-state index contributed by atoms with van der Waals surface area (Å²) >= 11 is 0. The Morgan fingerprint density at radius 1 is 1.00 bits per heavy atom. The standard InChI is InChI=1S/C26H43NO2/c28-25(21-10-4-5-11-21)13-12-23-24-18-20(17-22(24)19-26(23)29)9-3-1-6-14-27-15-7-2-8-16-27/h9,12-13,21-26,28-29H,1-8,10-11,14-19H2/t22-,23+,24-,25+,26+/m0/s1. The van der Waals surface area contributed by atoms with Gasteiger partial charge in [-0.25, -0.2) is 0 Å². The van der Waals surface area contributed by atoms with E-state index in [1.807, 2.05) is 6.08 Å². The van der Waals surface area contributed by atoms with Gasteiger partial charge in [0.1, 0.15) is 0 Å². The third kappa shape index (κ3) is 5.74. The average molecular weight is 402 g/mol. The highest BCUT2D eigenvalue weighted by molar-refractivity contribution is 5.18. The second kappa shape index (κ2) is 10.6. The van der Waals surface area contributed by atoms with E-state index in [9.17, 15) is 10.2 Å². The molecule has 5 atom stereocenters. The van der Waals surface area contributed by atoms with Gasteiger partial charge in [0.05, 0.1) is 12.2 Å². The second-order valence-electron chi connectivity index (χ2n) is 10.4. The molecule has 3 saturated carbocycles. The van der Waals surface area contributed by atoms with E-state index in [1.165, 1.54) is 83.8 Å². The molecule has 3 nitrogen and oxygen atoms in total. The SMILES string of the molecule is O[C@H](C=C[C@@H]1[C@H]2CC(=CCCCCN3CCCCC3)C[C@H]2C[C@H]1O)C1CCCC1.